The van der Waals surface area contributed by atoms with Gasteiger partial charge in [0, 0.05) is 38.1 Å². The molecule has 1 unspecified atom stereocenters. The predicted molar refractivity (Wildman–Crippen MR) is 63.2 cm³/mol. The lowest BCUT2D eigenvalue weighted by Gasteiger charge is -2.08. The molecule has 2 rings (SSSR count). The fourth-order valence-electron chi connectivity index (χ4n) is 2.06. The topological polar surface area (TPSA) is 39.1 Å². The van der Waals surface area contributed by atoms with E-state index in [9.17, 15) is 0 Å². The molecule has 1 saturated heterocycles. The van der Waals surface area contributed by atoms with Crippen molar-refractivity contribution in [3.63, 3.8) is 0 Å². The molecule has 0 radical (unpaired) electrons. The highest BCUT2D eigenvalue weighted by Crippen LogP contribution is 2.15. The van der Waals surface area contributed by atoms with E-state index in [0.29, 0.717) is 0 Å². The molecule has 1 fully saturated rings. The Kier molecular flexibility index (Phi) is 3.96. The van der Waals surface area contributed by atoms with Gasteiger partial charge in [-0.05, 0) is 32.2 Å². The molecular formula is C12H21N3O. The van der Waals surface area contributed by atoms with Crippen molar-refractivity contribution in [3.05, 3.63) is 17.5 Å². The molecule has 4 heteroatoms. The van der Waals surface area contributed by atoms with Crippen LogP contribution in [0.2, 0.25) is 0 Å². The van der Waals surface area contributed by atoms with Gasteiger partial charge in [0.15, 0.2) is 0 Å². The van der Waals surface area contributed by atoms with Crippen LogP contribution in [0.3, 0.4) is 0 Å². The summed E-state index contributed by atoms with van der Waals surface area (Å²) in [4.78, 5) is 0. The normalized spacial score (nSPS) is 20.5. The molecule has 1 aliphatic rings. The fraction of sp³-hybridized carbons (Fsp3) is 0.750. The molecule has 0 spiro atoms. The van der Waals surface area contributed by atoms with Crippen LogP contribution in [-0.4, -0.2) is 29.5 Å². The highest BCUT2D eigenvalue weighted by molar-refractivity contribution is 5.15. The number of rotatable bonds is 5. The van der Waals surface area contributed by atoms with Crippen LogP contribution in [0.25, 0.3) is 0 Å². The number of aromatic nitrogens is 2. The van der Waals surface area contributed by atoms with Crippen molar-refractivity contribution in [1.82, 2.24) is 15.1 Å². The van der Waals surface area contributed by atoms with Gasteiger partial charge < -0.3 is 10.1 Å². The third-order valence-electron chi connectivity index (χ3n) is 3.41. The van der Waals surface area contributed by atoms with E-state index in [0.717, 1.165) is 32.2 Å². The molecule has 0 aliphatic carbocycles. The van der Waals surface area contributed by atoms with Gasteiger partial charge in [-0.3, -0.25) is 4.68 Å². The smallest absolute Gasteiger partial charge is 0.0537 e. The molecule has 1 N–H and O–H groups in total. The zero-order valence-electron chi connectivity index (χ0n) is 10.2. The SMILES string of the molecule is Cc1c(CNCCC2CCOC2)cnn1C. The zero-order valence-corrected chi connectivity index (χ0v) is 10.2. The van der Waals surface area contributed by atoms with E-state index in [4.69, 9.17) is 4.74 Å². The van der Waals surface area contributed by atoms with Crippen LogP contribution in [0, 0.1) is 12.8 Å². The lowest BCUT2D eigenvalue weighted by Crippen LogP contribution is -2.18. The summed E-state index contributed by atoms with van der Waals surface area (Å²) in [7, 11) is 1.98. The van der Waals surface area contributed by atoms with Gasteiger partial charge in [-0.15, -0.1) is 0 Å². The molecule has 0 saturated carbocycles. The van der Waals surface area contributed by atoms with Crippen molar-refractivity contribution in [3.8, 4) is 0 Å². The quantitative estimate of drug-likeness (QED) is 0.763. The third kappa shape index (κ3) is 2.83. The monoisotopic (exact) mass is 223 g/mol. The minimum absolute atomic E-state index is 0.766. The van der Waals surface area contributed by atoms with Gasteiger partial charge in [0.1, 0.15) is 0 Å². The molecule has 0 aromatic carbocycles. The van der Waals surface area contributed by atoms with E-state index < -0.39 is 0 Å². The van der Waals surface area contributed by atoms with Crippen LogP contribution in [0.1, 0.15) is 24.1 Å². The molecule has 1 aromatic rings. The van der Waals surface area contributed by atoms with Gasteiger partial charge in [-0.1, -0.05) is 0 Å². The van der Waals surface area contributed by atoms with E-state index in [2.05, 4.69) is 17.3 Å². The molecule has 16 heavy (non-hydrogen) atoms. The van der Waals surface area contributed by atoms with Gasteiger partial charge in [-0.2, -0.15) is 5.10 Å². The fourth-order valence-corrected chi connectivity index (χ4v) is 2.06. The standard InChI is InChI=1S/C12H21N3O/c1-10-12(8-14-15(10)2)7-13-5-3-11-4-6-16-9-11/h8,11,13H,3-7,9H2,1-2H3. The van der Waals surface area contributed by atoms with Crippen LogP contribution in [0.4, 0.5) is 0 Å². The average molecular weight is 223 g/mol. The van der Waals surface area contributed by atoms with Crippen LogP contribution < -0.4 is 5.32 Å². The summed E-state index contributed by atoms with van der Waals surface area (Å²) in [5, 5.41) is 7.70. The summed E-state index contributed by atoms with van der Waals surface area (Å²) in [5.41, 5.74) is 2.54. The lowest BCUT2D eigenvalue weighted by molar-refractivity contribution is 0.184. The first-order valence-electron chi connectivity index (χ1n) is 6.03. The number of nitrogens with zero attached hydrogens (tertiary/aromatic N) is 2. The molecule has 0 bridgehead atoms. The molecule has 2 heterocycles. The maximum Gasteiger partial charge on any atom is 0.0537 e. The van der Waals surface area contributed by atoms with Crippen molar-refractivity contribution in [1.29, 1.82) is 0 Å². The van der Waals surface area contributed by atoms with Gasteiger partial charge in [0.05, 0.1) is 6.20 Å². The van der Waals surface area contributed by atoms with Gasteiger partial charge in [0.2, 0.25) is 0 Å². The average Bonchev–Trinajstić information content (AvgIpc) is 2.88. The highest BCUT2D eigenvalue weighted by atomic mass is 16.5. The molecule has 1 aliphatic heterocycles. The Balaban J connectivity index is 1.66. The predicted octanol–water partition coefficient (Wildman–Crippen LogP) is 1.24. The van der Waals surface area contributed by atoms with Crippen molar-refractivity contribution in [2.45, 2.75) is 26.3 Å². The summed E-state index contributed by atoms with van der Waals surface area (Å²) in [6.45, 7) is 6.00. The first-order valence-corrected chi connectivity index (χ1v) is 6.03. The summed E-state index contributed by atoms with van der Waals surface area (Å²) < 4.78 is 7.27. The number of aryl methyl sites for hydroxylation is 1. The third-order valence-corrected chi connectivity index (χ3v) is 3.41. The van der Waals surface area contributed by atoms with E-state index in [1.165, 1.54) is 24.1 Å². The lowest BCUT2D eigenvalue weighted by atomic mass is 10.1. The van der Waals surface area contributed by atoms with Crippen LogP contribution in [-0.2, 0) is 18.3 Å². The molecular weight excluding hydrogens is 202 g/mol. The Labute approximate surface area is 97.0 Å². The second-order valence-electron chi connectivity index (χ2n) is 4.57. The Hall–Kier alpha value is -0.870. The molecule has 0 amide bonds. The van der Waals surface area contributed by atoms with Gasteiger partial charge in [-0.25, -0.2) is 0 Å². The summed E-state index contributed by atoms with van der Waals surface area (Å²) in [6, 6.07) is 0. The molecule has 4 nitrogen and oxygen atoms in total. The summed E-state index contributed by atoms with van der Waals surface area (Å²) >= 11 is 0. The Morgan fingerprint density at radius 2 is 2.50 bits per heavy atom. The number of hydrogen-bond acceptors (Lipinski definition) is 3. The second-order valence-corrected chi connectivity index (χ2v) is 4.57. The summed E-state index contributed by atoms with van der Waals surface area (Å²) in [5.74, 6) is 0.766. The highest BCUT2D eigenvalue weighted by Gasteiger charge is 2.14. The molecule has 90 valence electrons. The minimum atomic E-state index is 0.766. The zero-order chi connectivity index (χ0) is 11.4. The Bertz CT molecular complexity index is 329. The Morgan fingerprint density at radius 3 is 3.12 bits per heavy atom. The van der Waals surface area contributed by atoms with Crippen molar-refractivity contribution in [2.24, 2.45) is 13.0 Å². The van der Waals surface area contributed by atoms with E-state index in [1.807, 2.05) is 17.9 Å². The van der Waals surface area contributed by atoms with Crippen molar-refractivity contribution < 1.29 is 4.74 Å². The minimum Gasteiger partial charge on any atom is -0.381 e. The van der Waals surface area contributed by atoms with Crippen LogP contribution in [0.15, 0.2) is 6.20 Å². The molecule has 1 aromatic heterocycles. The number of ether oxygens (including phenoxy) is 1. The van der Waals surface area contributed by atoms with Crippen molar-refractivity contribution >= 4 is 0 Å². The largest absolute Gasteiger partial charge is 0.381 e. The van der Waals surface area contributed by atoms with E-state index in [-0.39, 0.29) is 0 Å². The number of hydrogen-bond donors (Lipinski definition) is 1. The number of nitrogens with one attached hydrogen (secondary N) is 1. The Morgan fingerprint density at radius 1 is 1.62 bits per heavy atom. The first-order chi connectivity index (χ1) is 7.77. The van der Waals surface area contributed by atoms with Crippen molar-refractivity contribution in [2.75, 3.05) is 19.8 Å². The first kappa shape index (κ1) is 11.6. The summed E-state index contributed by atoms with van der Waals surface area (Å²) in [6.07, 6.45) is 4.40. The second kappa shape index (κ2) is 5.46. The maximum atomic E-state index is 5.35. The maximum absolute atomic E-state index is 5.35. The van der Waals surface area contributed by atoms with Crippen LogP contribution in [0.5, 0.6) is 0 Å². The molecule has 1 atom stereocenters. The van der Waals surface area contributed by atoms with Crippen LogP contribution >= 0.6 is 0 Å². The van der Waals surface area contributed by atoms with Gasteiger partial charge >= 0.3 is 0 Å². The van der Waals surface area contributed by atoms with E-state index >= 15 is 0 Å². The van der Waals surface area contributed by atoms with E-state index in [1.54, 1.807) is 0 Å². The van der Waals surface area contributed by atoms with Gasteiger partial charge in [0.25, 0.3) is 0 Å².